The molecular weight excluding hydrogens is 568 g/mol. The monoisotopic (exact) mass is 595 g/mol. The minimum absolute atomic E-state index is 0.00356. The second-order valence-electron chi connectivity index (χ2n) is 10.9. The van der Waals surface area contributed by atoms with Gasteiger partial charge in [0.05, 0.1) is 52.8 Å². The van der Waals surface area contributed by atoms with Gasteiger partial charge in [0.25, 0.3) is 0 Å². The van der Waals surface area contributed by atoms with Crippen LogP contribution in [0.5, 0.6) is 5.75 Å². The number of carbonyl (C=O) groups is 1. The number of aromatic nitrogens is 4. The van der Waals surface area contributed by atoms with Gasteiger partial charge >= 0.3 is 11.1 Å². The second kappa shape index (κ2) is 10.5. The first-order valence-corrected chi connectivity index (χ1v) is 13.6. The molecule has 1 amide bonds. The van der Waals surface area contributed by atoms with Crippen molar-refractivity contribution in [1.29, 1.82) is 0 Å². The highest BCUT2D eigenvalue weighted by atomic mass is 35.5. The molecule has 218 valence electrons. The normalized spacial score (nSPS) is 14.3. The summed E-state index contributed by atoms with van der Waals surface area (Å²) in [6, 6.07) is 5.51. The fourth-order valence-electron chi connectivity index (χ4n) is 5.34. The Bertz CT molecular complexity index is 1890. The van der Waals surface area contributed by atoms with Crippen molar-refractivity contribution in [3.63, 3.8) is 0 Å². The number of likely N-dealkylation sites (tertiary alicyclic amines) is 1. The lowest BCUT2D eigenvalue weighted by Crippen LogP contribution is -2.63. The first-order chi connectivity index (χ1) is 19.8. The number of benzene rings is 1. The number of rotatable bonds is 6. The van der Waals surface area contributed by atoms with E-state index in [9.17, 15) is 19.5 Å². The van der Waals surface area contributed by atoms with E-state index in [2.05, 4.69) is 16.5 Å². The first kappa shape index (κ1) is 29.1. The fraction of sp³-hybridized carbons (Fsp3) is 0.300. The van der Waals surface area contributed by atoms with Gasteiger partial charge in [-0.05, 0) is 61.2 Å². The van der Waals surface area contributed by atoms with Crippen LogP contribution in [0.1, 0.15) is 36.6 Å². The number of hydrogen-bond acceptors (Lipinski definition) is 6. The molecule has 3 aromatic heterocycles. The minimum Gasteiger partial charge on any atom is -0.507 e. The molecule has 0 radical (unpaired) electrons. The van der Waals surface area contributed by atoms with Gasteiger partial charge < -0.3 is 10.0 Å². The zero-order valence-electron chi connectivity index (χ0n) is 23.4. The highest BCUT2D eigenvalue weighted by Gasteiger charge is 2.46. The van der Waals surface area contributed by atoms with Crippen LogP contribution in [-0.4, -0.2) is 53.8 Å². The predicted molar refractivity (Wildman–Crippen MR) is 156 cm³/mol. The maximum atomic E-state index is 15.8. The second-order valence-corrected chi connectivity index (χ2v) is 11.3. The van der Waals surface area contributed by atoms with E-state index in [-0.39, 0.29) is 46.5 Å². The van der Waals surface area contributed by atoms with E-state index in [1.165, 1.54) is 23.1 Å². The Morgan fingerprint density at radius 2 is 1.90 bits per heavy atom. The number of carbonyl (C=O) groups excluding carboxylic acids is 1. The van der Waals surface area contributed by atoms with Gasteiger partial charge in [-0.3, -0.25) is 28.5 Å². The number of alkyl halides is 1. The fourth-order valence-corrected chi connectivity index (χ4v) is 5.58. The Morgan fingerprint density at radius 1 is 1.21 bits per heavy atom. The lowest BCUT2D eigenvalue weighted by molar-refractivity contribution is -0.141. The highest BCUT2D eigenvalue weighted by Crippen LogP contribution is 2.38. The molecule has 12 heteroatoms. The number of phenolic OH excluding ortho intramolecular Hbond substituents is 1. The van der Waals surface area contributed by atoms with E-state index >= 15 is 8.78 Å². The third-order valence-electron chi connectivity index (χ3n) is 7.32. The van der Waals surface area contributed by atoms with Crippen molar-refractivity contribution in [2.75, 3.05) is 13.1 Å². The molecule has 4 heterocycles. The Hall–Kier alpha value is -4.38. The van der Waals surface area contributed by atoms with Crippen LogP contribution in [0.3, 0.4) is 0 Å². The summed E-state index contributed by atoms with van der Waals surface area (Å²) in [5.41, 5.74) is -2.80. The quantitative estimate of drug-likeness (QED) is 0.258. The minimum atomic E-state index is -2.02. The molecule has 0 aliphatic carbocycles. The van der Waals surface area contributed by atoms with Crippen LogP contribution < -0.4 is 11.1 Å². The van der Waals surface area contributed by atoms with E-state index in [0.717, 1.165) is 15.2 Å². The molecule has 0 bridgehead atoms. The van der Waals surface area contributed by atoms with Crippen molar-refractivity contribution in [3.8, 4) is 22.7 Å². The zero-order chi connectivity index (χ0) is 30.7. The molecule has 1 fully saturated rings. The smallest absolute Gasteiger partial charge is 0.322 e. The van der Waals surface area contributed by atoms with Gasteiger partial charge in [0, 0.05) is 6.20 Å². The van der Waals surface area contributed by atoms with Crippen LogP contribution in [0.15, 0.2) is 52.7 Å². The van der Waals surface area contributed by atoms with Gasteiger partial charge in [0.15, 0.2) is 11.3 Å². The van der Waals surface area contributed by atoms with E-state index in [0.29, 0.717) is 22.5 Å². The van der Waals surface area contributed by atoms with Gasteiger partial charge in [-0.15, -0.1) is 0 Å². The molecule has 1 aliphatic heterocycles. The lowest BCUT2D eigenvalue weighted by atomic mass is 9.95. The Kier molecular flexibility index (Phi) is 7.26. The summed E-state index contributed by atoms with van der Waals surface area (Å²) in [5, 5.41) is 10.5. The van der Waals surface area contributed by atoms with Crippen molar-refractivity contribution in [2.45, 2.75) is 45.8 Å². The third-order valence-corrected chi connectivity index (χ3v) is 7.61. The lowest BCUT2D eigenvalue weighted by Gasteiger charge is -2.44. The maximum absolute atomic E-state index is 15.8. The molecule has 0 unspecified atom stereocenters. The third kappa shape index (κ3) is 4.77. The largest absolute Gasteiger partial charge is 0.507 e. The number of aryl methyl sites for hydroxylation is 2. The van der Waals surface area contributed by atoms with Crippen molar-refractivity contribution < 1.29 is 18.7 Å². The molecule has 1 saturated heterocycles. The molecule has 1 aliphatic rings. The molecule has 1 N–H and O–H groups in total. The summed E-state index contributed by atoms with van der Waals surface area (Å²) < 4.78 is 33.0. The van der Waals surface area contributed by atoms with E-state index < -0.39 is 40.8 Å². The number of aromatic hydroxyl groups is 1. The van der Waals surface area contributed by atoms with Crippen LogP contribution in [0.4, 0.5) is 8.78 Å². The van der Waals surface area contributed by atoms with Gasteiger partial charge in [-0.1, -0.05) is 32.0 Å². The Labute approximate surface area is 244 Å². The molecular formula is C30H28ClF2N5O4. The molecule has 4 aromatic rings. The number of phenols is 1. The highest BCUT2D eigenvalue weighted by molar-refractivity contribution is 6.33. The first-order valence-electron chi connectivity index (χ1n) is 13.2. The topological polar surface area (TPSA) is 110 Å². The van der Waals surface area contributed by atoms with E-state index in [1.807, 2.05) is 13.8 Å². The van der Waals surface area contributed by atoms with Crippen LogP contribution >= 0.6 is 11.6 Å². The maximum Gasteiger partial charge on any atom is 0.322 e. The van der Waals surface area contributed by atoms with Gasteiger partial charge in [0.1, 0.15) is 11.6 Å². The van der Waals surface area contributed by atoms with Crippen LogP contribution in [-0.2, 0) is 11.3 Å². The molecule has 5 rings (SSSR count). The standard InChI is InChI=1S/C30H28ClF2N5O4/c1-6-22(40)36-12-30(33,13-36)14-37-20-11-18(31)25(23-19(32)9-16(4)10-21(23)39)35-27(20)38(29(42)28(37)41)26-17(5)7-8-34-24(26)15(2)3/h6-11,15,39H,1,12-14H2,2-5H3. The summed E-state index contributed by atoms with van der Waals surface area (Å²) in [4.78, 5) is 49.6. The zero-order valence-corrected chi connectivity index (χ0v) is 24.2. The van der Waals surface area contributed by atoms with Crippen LogP contribution in [0.25, 0.3) is 28.1 Å². The average Bonchev–Trinajstić information content (AvgIpc) is 2.90. The molecule has 0 atom stereocenters. The number of pyridine rings is 2. The molecule has 0 saturated carbocycles. The Balaban J connectivity index is 1.85. The number of amides is 1. The summed E-state index contributed by atoms with van der Waals surface area (Å²) in [6.07, 6.45) is 2.65. The number of halogens is 3. The SMILES string of the molecule is C=CC(=O)N1CC(F)(Cn2c(=O)c(=O)n(-c3c(C)ccnc3C(C)C)c3nc(-c4c(O)cc(C)cc4F)c(Cl)cc32)C1. The van der Waals surface area contributed by atoms with Crippen molar-refractivity contribution in [3.05, 3.63) is 91.5 Å². The van der Waals surface area contributed by atoms with Crippen molar-refractivity contribution in [1.82, 2.24) is 24.0 Å². The van der Waals surface area contributed by atoms with Crippen molar-refractivity contribution in [2.24, 2.45) is 0 Å². The molecule has 42 heavy (non-hydrogen) atoms. The van der Waals surface area contributed by atoms with Crippen molar-refractivity contribution >= 4 is 28.7 Å². The number of fused-ring (bicyclic) bond motifs is 1. The average molecular weight is 596 g/mol. The Morgan fingerprint density at radius 3 is 2.52 bits per heavy atom. The van der Waals surface area contributed by atoms with Gasteiger partial charge in [-0.2, -0.15) is 0 Å². The summed E-state index contributed by atoms with van der Waals surface area (Å²) in [7, 11) is 0. The molecule has 0 spiro atoms. The summed E-state index contributed by atoms with van der Waals surface area (Å²) >= 11 is 6.59. The van der Waals surface area contributed by atoms with Gasteiger partial charge in [-0.25, -0.2) is 13.8 Å². The number of nitrogens with zero attached hydrogens (tertiary/aromatic N) is 5. The molecule has 9 nitrogen and oxygen atoms in total. The number of hydrogen-bond donors (Lipinski definition) is 1. The van der Waals surface area contributed by atoms with Crippen LogP contribution in [0.2, 0.25) is 5.02 Å². The van der Waals surface area contributed by atoms with E-state index in [1.54, 1.807) is 26.1 Å². The summed E-state index contributed by atoms with van der Waals surface area (Å²) in [5.74, 6) is -1.85. The van der Waals surface area contributed by atoms with Gasteiger partial charge in [0.2, 0.25) is 5.91 Å². The van der Waals surface area contributed by atoms with Crippen LogP contribution in [0, 0.1) is 19.7 Å². The molecule has 1 aromatic carbocycles. The van der Waals surface area contributed by atoms with E-state index in [4.69, 9.17) is 11.6 Å². The predicted octanol–water partition coefficient (Wildman–Crippen LogP) is 4.58. The summed E-state index contributed by atoms with van der Waals surface area (Å²) in [6.45, 7) is 9.30.